The highest BCUT2D eigenvalue weighted by Gasteiger charge is 2.17. The van der Waals surface area contributed by atoms with Crippen LogP contribution in [0, 0.1) is 0 Å². The first kappa shape index (κ1) is 15.8. The van der Waals surface area contributed by atoms with Crippen LogP contribution in [0.2, 0.25) is 0 Å². The molecular weight excluding hydrogens is 392 g/mol. The number of esters is 1. The summed E-state index contributed by atoms with van der Waals surface area (Å²) in [5.41, 5.74) is 0. The van der Waals surface area contributed by atoms with Crippen LogP contribution in [0.1, 0.15) is 16.3 Å². The van der Waals surface area contributed by atoms with Crippen molar-refractivity contribution < 1.29 is 23.4 Å². The summed E-state index contributed by atoms with van der Waals surface area (Å²) >= 11 is 3.33. The van der Waals surface area contributed by atoms with Crippen molar-refractivity contribution in [1.29, 1.82) is 0 Å². The number of furan rings is 1. The van der Waals surface area contributed by atoms with Gasteiger partial charge in [-0.25, -0.2) is 4.79 Å². The lowest BCUT2D eigenvalue weighted by Gasteiger charge is -2.18. The van der Waals surface area contributed by atoms with Gasteiger partial charge in [-0.1, -0.05) is 0 Å². The van der Waals surface area contributed by atoms with Gasteiger partial charge >= 0.3 is 5.97 Å². The molecule has 1 aliphatic heterocycles. The van der Waals surface area contributed by atoms with E-state index in [1.807, 2.05) is 6.20 Å². The molecule has 0 bridgehead atoms. The molecule has 8 heteroatoms. The molecule has 0 atom stereocenters. The number of hydrogen-bond donors (Lipinski definition) is 0. The van der Waals surface area contributed by atoms with Crippen molar-refractivity contribution in [3.63, 3.8) is 0 Å². The lowest BCUT2D eigenvalue weighted by Crippen LogP contribution is -2.15. The Morgan fingerprint density at radius 2 is 2.04 bits per heavy atom. The van der Waals surface area contributed by atoms with Crippen molar-refractivity contribution in [2.75, 3.05) is 13.2 Å². The quantitative estimate of drug-likeness (QED) is 0.490. The van der Waals surface area contributed by atoms with E-state index in [2.05, 4.69) is 21.0 Å². The Hall–Kier alpha value is -2.74. The topological polar surface area (TPSA) is 75.7 Å². The Kier molecular flexibility index (Phi) is 4.19. The highest BCUT2D eigenvalue weighted by atomic mass is 79.9. The van der Waals surface area contributed by atoms with Gasteiger partial charge in [0.25, 0.3) is 0 Å². The number of halogens is 1. The fourth-order valence-corrected chi connectivity index (χ4v) is 2.73. The van der Waals surface area contributed by atoms with E-state index < -0.39 is 5.97 Å². The predicted molar refractivity (Wildman–Crippen MR) is 90.1 cm³/mol. The van der Waals surface area contributed by atoms with Crippen LogP contribution >= 0.6 is 15.9 Å². The summed E-state index contributed by atoms with van der Waals surface area (Å²) in [6, 6.07) is 8.28. The van der Waals surface area contributed by atoms with E-state index >= 15 is 0 Å². The Balaban J connectivity index is 1.44. The van der Waals surface area contributed by atoms with Gasteiger partial charge in [0, 0.05) is 12.3 Å². The molecule has 0 spiro atoms. The number of hydrogen-bond acceptors (Lipinski definition) is 6. The van der Waals surface area contributed by atoms with E-state index in [0.717, 1.165) is 4.47 Å². The highest BCUT2D eigenvalue weighted by molar-refractivity contribution is 9.10. The van der Waals surface area contributed by atoms with Gasteiger partial charge in [0.15, 0.2) is 11.5 Å². The van der Waals surface area contributed by atoms with E-state index in [-0.39, 0.29) is 5.76 Å². The third-order valence-corrected chi connectivity index (χ3v) is 3.92. The van der Waals surface area contributed by atoms with Crippen molar-refractivity contribution in [2.45, 2.75) is 6.54 Å². The van der Waals surface area contributed by atoms with Gasteiger partial charge in [-0.3, -0.25) is 4.68 Å². The Morgan fingerprint density at radius 3 is 2.84 bits per heavy atom. The number of carbonyl (C=O) groups excluding carboxylic acids is 1. The van der Waals surface area contributed by atoms with Crippen LogP contribution in [-0.4, -0.2) is 29.0 Å². The molecular formula is C17H13BrN2O5. The lowest BCUT2D eigenvalue weighted by atomic mass is 10.3. The molecule has 0 saturated heterocycles. The van der Waals surface area contributed by atoms with Crippen molar-refractivity contribution in [3.8, 4) is 17.2 Å². The van der Waals surface area contributed by atoms with E-state index in [9.17, 15) is 4.79 Å². The number of rotatable bonds is 4. The van der Waals surface area contributed by atoms with Gasteiger partial charge in [-0.15, -0.1) is 0 Å². The normalized spacial score (nSPS) is 12.8. The molecule has 0 unspecified atom stereocenters. The molecule has 25 heavy (non-hydrogen) atoms. The van der Waals surface area contributed by atoms with E-state index in [0.29, 0.717) is 42.8 Å². The van der Waals surface area contributed by atoms with E-state index in [1.54, 1.807) is 41.2 Å². The largest absolute Gasteiger partial charge is 0.486 e. The third kappa shape index (κ3) is 3.53. The van der Waals surface area contributed by atoms with Gasteiger partial charge in [-0.2, -0.15) is 5.10 Å². The van der Waals surface area contributed by atoms with Gasteiger partial charge in [0.1, 0.15) is 24.7 Å². The molecule has 0 aliphatic carbocycles. The van der Waals surface area contributed by atoms with Gasteiger partial charge < -0.3 is 18.6 Å². The third-order valence-electron chi connectivity index (χ3n) is 3.51. The minimum absolute atomic E-state index is 0.121. The van der Waals surface area contributed by atoms with Crippen LogP contribution in [0.25, 0.3) is 0 Å². The molecule has 128 valence electrons. The van der Waals surface area contributed by atoms with Crippen molar-refractivity contribution in [3.05, 3.63) is 58.7 Å². The molecule has 2 aromatic heterocycles. The summed E-state index contributed by atoms with van der Waals surface area (Å²) in [7, 11) is 0. The Bertz CT molecular complexity index is 917. The monoisotopic (exact) mass is 404 g/mol. The Labute approximate surface area is 151 Å². The molecule has 0 N–H and O–H groups in total. The minimum atomic E-state index is -0.579. The zero-order valence-electron chi connectivity index (χ0n) is 13.0. The first-order valence-electron chi connectivity index (χ1n) is 7.56. The van der Waals surface area contributed by atoms with Crippen LogP contribution in [-0.2, 0) is 6.54 Å². The molecule has 7 nitrogen and oxygen atoms in total. The Morgan fingerprint density at radius 1 is 1.20 bits per heavy atom. The summed E-state index contributed by atoms with van der Waals surface area (Å²) < 4.78 is 24.3. The summed E-state index contributed by atoms with van der Waals surface area (Å²) in [5.74, 6) is 1.70. The molecule has 1 aromatic carbocycles. The average Bonchev–Trinajstić information content (AvgIpc) is 3.24. The maximum atomic E-state index is 12.2. The number of nitrogens with zero attached hydrogens (tertiary/aromatic N) is 2. The fraction of sp³-hybridized carbons (Fsp3) is 0.176. The number of fused-ring (bicyclic) bond motifs is 1. The van der Waals surface area contributed by atoms with Gasteiger partial charge in [0.2, 0.25) is 5.76 Å². The lowest BCUT2D eigenvalue weighted by molar-refractivity contribution is 0.0697. The van der Waals surface area contributed by atoms with Crippen molar-refractivity contribution in [1.82, 2.24) is 9.78 Å². The van der Waals surface area contributed by atoms with Gasteiger partial charge in [0.05, 0.1) is 17.2 Å². The second-order valence-corrected chi connectivity index (χ2v) is 6.23. The first-order chi connectivity index (χ1) is 12.2. The maximum Gasteiger partial charge on any atom is 0.379 e. The second kappa shape index (κ2) is 6.64. The van der Waals surface area contributed by atoms with Crippen LogP contribution < -0.4 is 14.2 Å². The fourth-order valence-electron chi connectivity index (χ4n) is 2.40. The SMILES string of the molecule is O=C(Oc1ccc2c(c1)OCCO2)c1ccc(Cn2cc(Br)cn2)o1. The molecule has 3 heterocycles. The summed E-state index contributed by atoms with van der Waals surface area (Å²) in [6.07, 6.45) is 3.50. The highest BCUT2D eigenvalue weighted by Crippen LogP contribution is 2.33. The second-order valence-electron chi connectivity index (χ2n) is 5.32. The number of carbonyl (C=O) groups is 1. The molecule has 3 aromatic rings. The summed E-state index contributed by atoms with van der Waals surface area (Å²) in [6.45, 7) is 1.40. The summed E-state index contributed by atoms with van der Waals surface area (Å²) in [4.78, 5) is 12.2. The summed E-state index contributed by atoms with van der Waals surface area (Å²) in [5, 5.41) is 4.14. The van der Waals surface area contributed by atoms with Crippen LogP contribution in [0.5, 0.6) is 17.2 Å². The molecule has 0 amide bonds. The van der Waals surface area contributed by atoms with E-state index in [1.165, 1.54) is 0 Å². The zero-order chi connectivity index (χ0) is 17.2. The van der Waals surface area contributed by atoms with Crippen LogP contribution in [0.4, 0.5) is 0 Å². The number of benzene rings is 1. The zero-order valence-corrected chi connectivity index (χ0v) is 14.6. The minimum Gasteiger partial charge on any atom is -0.486 e. The van der Waals surface area contributed by atoms with Crippen molar-refractivity contribution in [2.24, 2.45) is 0 Å². The smallest absolute Gasteiger partial charge is 0.379 e. The molecule has 0 saturated carbocycles. The van der Waals surface area contributed by atoms with Gasteiger partial charge in [-0.05, 0) is 40.2 Å². The first-order valence-corrected chi connectivity index (χ1v) is 8.35. The average molecular weight is 405 g/mol. The maximum absolute atomic E-state index is 12.2. The van der Waals surface area contributed by atoms with Crippen LogP contribution in [0.3, 0.4) is 0 Å². The van der Waals surface area contributed by atoms with Crippen LogP contribution in [0.15, 0.2) is 51.6 Å². The number of ether oxygens (including phenoxy) is 3. The van der Waals surface area contributed by atoms with Crippen molar-refractivity contribution >= 4 is 21.9 Å². The molecule has 1 aliphatic rings. The molecule has 0 radical (unpaired) electrons. The number of aromatic nitrogens is 2. The molecule has 4 rings (SSSR count). The predicted octanol–water partition coefficient (Wildman–Crippen LogP) is 3.28. The standard InChI is InChI=1S/C17H13BrN2O5/c18-11-8-19-20(9-11)10-13-2-4-15(24-13)17(21)25-12-1-3-14-16(7-12)23-6-5-22-14/h1-4,7-9H,5-6,10H2. The van der Waals surface area contributed by atoms with E-state index in [4.69, 9.17) is 18.6 Å². The molecule has 0 fully saturated rings.